The monoisotopic (exact) mass is 801 g/mol. The first-order valence-electron chi connectivity index (χ1n) is 15.0. The summed E-state index contributed by atoms with van der Waals surface area (Å²) in [4.78, 5) is 48.7. The number of nitrogens with one attached hydrogen (secondary N) is 2. The number of carboxylic acids is 1. The first-order chi connectivity index (χ1) is 24.2. The molecule has 3 amide bonds. The Morgan fingerprint density at radius 2 is 1.58 bits per heavy atom. The van der Waals surface area contributed by atoms with Crippen molar-refractivity contribution in [3.05, 3.63) is 58.9 Å². The second-order valence-corrected chi connectivity index (χ2v) is 16.0. The molecule has 0 unspecified atom stereocenters. The number of aromatic carboxylic acids is 1. The Balaban J connectivity index is 0.00000627. The van der Waals surface area contributed by atoms with Gasteiger partial charge in [-0.25, -0.2) is 34.8 Å². The summed E-state index contributed by atoms with van der Waals surface area (Å²) in [5.74, 6) is -4.85. The fraction of sp³-hybridized carbons (Fsp3) is 0.233. The topological polar surface area (TPSA) is 329 Å². The molecule has 7 N–H and O–H groups in total. The van der Waals surface area contributed by atoms with Crippen LogP contribution in [0.4, 0.5) is 5.69 Å². The fourth-order valence-corrected chi connectivity index (χ4v) is 8.25. The van der Waals surface area contributed by atoms with Gasteiger partial charge in [0.2, 0.25) is 27.2 Å². The second kappa shape index (κ2) is 15.6. The summed E-state index contributed by atoms with van der Waals surface area (Å²) in [7, 11) is -15.0. The molecule has 2 aliphatic heterocycles. The largest absolute Gasteiger partial charge is 1.00 e. The van der Waals surface area contributed by atoms with Crippen molar-refractivity contribution >= 4 is 70.6 Å². The van der Waals surface area contributed by atoms with Crippen molar-refractivity contribution in [3.63, 3.8) is 0 Å². The number of imide groups is 1. The number of carbonyl (C=O) groups is 4. The third kappa shape index (κ3) is 8.77. The van der Waals surface area contributed by atoms with Gasteiger partial charge < -0.3 is 29.7 Å². The summed E-state index contributed by atoms with van der Waals surface area (Å²) in [6.07, 6.45) is -0.372. The molecular weight excluding hydrogens is 774 g/mol. The summed E-state index contributed by atoms with van der Waals surface area (Å²) < 4.78 is 106. The van der Waals surface area contributed by atoms with E-state index in [1.54, 1.807) is 0 Å². The Hall–Kier alpha value is -4.26. The van der Waals surface area contributed by atoms with Crippen molar-refractivity contribution in [2.45, 2.75) is 29.1 Å². The molecule has 2 heterocycles. The number of sulfonamides is 1. The molecule has 53 heavy (non-hydrogen) atoms. The van der Waals surface area contributed by atoms with Gasteiger partial charge in [-0.1, -0.05) is 0 Å². The minimum absolute atomic E-state index is 0. The standard InChI is InChI=1S/C30H29N5O14S3.Na/c31-20-6-4-17-24(19-14-15(2-3-16(19)30(39)40)29(38)33-11-12-35-22(36)8-9-23(35)37)18-5-7-21(32)28(52(46,47)48)26(18)49-25(17)27(20)51(44,45)34-10-1-13-50(41,42)43;/h2-7,14,32,34H,1,8-13,31H2,(H,33,38)(H,39,40)(H,41,42,43)(H,46,47,48);/q;+1/p-1. The number of nitrogens with two attached hydrogens (primary N) is 2. The summed E-state index contributed by atoms with van der Waals surface area (Å²) in [5.41, 5.74) is 3.50. The molecule has 23 heteroatoms. The molecule has 0 radical (unpaired) electrons. The SMILES string of the molecule is Nc1ccc2c(-c3cc(C(=O)NCCN4C(=O)CCC4=O)ccc3C(=O)O)c3ccc(=[NH2+])c(S(=O)(=O)[O-])c-3oc2c1S(=O)(=O)NCCCS(=O)(=O)[O-].[Na+]. The fourth-order valence-electron chi connectivity index (χ4n) is 5.69. The number of carboxylic acid groups (broad SMARTS) is 1. The molecule has 0 aromatic heterocycles. The van der Waals surface area contributed by atoms with Crippen molar-refractivity contribution in [2.75, 3.05) is 31.1 Å². The van der Waals surface area contributed by atoms with Crippen LogP contribution in [0.1, 0.15) is 40.0 Å². The van der Waals surface area contributed by atoms with Gasteiger partial charge in [-0.15, -0.1) is 0 Å². The van der Waals surface area contributed by atoms with Crippen LogP contribution in [0.15, 0.2) is 56.7 Å². The molecule has 2 aromatic carbocycles. The Bertz CT molecular complexity index is 2540. The Morgan fingerprint density at radius 1 is 0.925 bits per heavy atom. The summed E-state index contributed by atoms with van der Waals surface area (Å²) >= 11 is 0. The molecule has 0 spiro atoms. The van der Waals surface area contributed by atoms with Crippen LogP contribution in [0.25, 0.3) is 33.4 Å². The normalized spacial score (nSPS) is 13.7. The third-order valence-electron chi connectivity index (χ3n) is 7.97. The number of anilines is 1. The zero-order chi connectivity index (χ0) is 38.3. The molecular formula is C30H28N5NaO14S3. The molecule has 1 aliphatic carbocycles. The van der Waals surface area contributed by atoms with Gasteiger partial charge in [0.25, 0.3) is 5.91 Å². The predicted molar refractivity (Wildman–Crippen MR) is 175 cm³/mol. The molecule has 0 atom stereocenters. The molecule has 1 fully saturated rings. The zero-order valence-electron chi connectivity index (χ0n) is 27.6. The van der Waals surface area contributed by atoms with Crippen molar-refractivity contribution in [3.8, 4) is 22.5 Å². The summed E-state index contributed by atoms with van der Waals surface area (Å²) in [6, 6.07) is 7.83. The molecule has 276 valence electrons. The smallest absolute Gasteiger partial charge is 0.748 e. The summed E-state index contributed by atoms with van der Waals surface area (Å²) in [6.45, 7) is -0.875. The van der Waals surface area contributed by atoms with Gasteiger partial charge in [0.05, 0.1) is 21.4 Å². The van der Waals surface area contributed by atoms with Crippen LogP contribution in [0.3, 0.4) is 0 Å². The van der Waals surface area contributed by atoms with E-state index in [9.17, 15) is 58.6 Å². The maximum Gasteiger partial charge on any atom is 1.00 e. The van der Waals surface area contributed by atoms with Crippen molar-refractivity contribution in [1.82, 2.24) is 14.9 Å². The van der Waals surface area contributed by atoms with Crippen LogP contribution in [0, 0.1) is 0 Å². The van der Waals surface area contributed by atoms with E-state index in [1.165, 1.54) is 12.1 Å². The van der Waals surface area contributed by atoms with Crippen molar-refractivity contribution in [2.24, 2.45) is 0 Å². The van der Waals surface area contributed by atoms with Crippen molar-refractivity contribution in [1.29, 1.82) is 0 Å². The number of carbonyl (C=O) groups excluding carboxylic acids is 3. The number of likely N-dealkylation sites (tertiary alicyclic amines) is 1. The minimum Gasteiger partial charge on any atom is -0.748 e. The maximum absolute atomic E-state index is 13.6. The van der Waals surface area contributed by atoms with Crippen LogP contribution < -0.4 is 56.1 Å². The number of nitrogen functional groups attached to an aromatic ring is 1. The average molecular weight is 802 g/mol. The Morgan fingerprint density at radius 3 is 2.19 bits per heavy atom. The first kappa shape index (κ1) is 41.5. The van der Waals surface area contributed by atoms with E-state index in [1.807, 2.05) is 0 Å². The van der Waals surface area contributed by atoms with Gasteiger partial charge in [0, 0.05) is 66.4 Å². The van der Waals surface area contributed by atoms with E-state index in [0.717, 1.165) is 35.2 Å². The van der Waals surface area contributed by atoms with Gasteiger partial charge in [0.1, 0.15) is 15.0 Å². The summed E-state index contributed by atoms with van der Waals surface area (Å²) in [5, 5.41) is 17.8. The Kier molecular flexibility index (Phi) is 12.2. The van der Waals surface area contributed by atoms with Gasteiger partial charge >= 0.3 is 35.5 Å². The van der Waals surface area contributed by atoms with E-state index in [0.29, 0.717) is 0 Å². The number of hydrogen-bond donors (Lipinski definition) is 5. The van der Waals surface area contributed by atoms with Gasteiger partial charge in [-0.2, -0.15) is 0 Å². The number of fused-ring (bicyclic) bond motifs is 2. The molecule has 3 aliphatic rings. The van der Waals surface area contributed by atoms with E-state index >= 15 is 0 Å². The van der Waals surface area contributed by atoms with Crippen molar-refractivity contribution < 1.29 is 98.0 Å². The third-order valence-corrected chi connectivity index (χ3v) is 11.2. The minimum atomic E-state index is -5.47. The number of benzene rings is 3. The quantitative estimate of drug-likeness (QED) is 0.0211. The van der Waals surface area contributed by atoms with E-state index in [2.05, 4.69) is 10.0 Å². The van der Waals surface area contributed by atoms with E-state index < -0.39 is 110 Å². The zero-order valence-corrected chi connectivity index (χ0v) is 32.0. The molecule has 1 saturated heterocycles. The number of hydrogen-bond acceptors (Lipinski definition) is 14. The van der Waals surface area contributed by atoms with Crippen LogP contribution in [-0.2, 0) is 39.8 Å². The van der Waals surface area contributed by atoms with Gasteiger partial charge in [0.15, 0.2) is 16.2 Å². The number of rotatable bonds is 13. The number of amides is 3. The maximum atomic E-state index is 13.6. The van der Waals surface area contributed by atoms with Crippen LogP contribution in [-0.4, -0.2) is 93.4 Å². The molecule has 2 aromatic rings. The van der Waals surface area contributed by atoms with Gasteiger partial charge in [-0.05, 0) is 48.4 Å². The van der Waals surface area contributed by atoms with E-state index in [-0.39, 0.29) is 83.1 Å². The van der Waals surface area contributed by atoms with Crippen LogP contribution in [0.5, 0.6) is 0 Å². The van der Waals surface area contributed by atoms with Crippen LogP contribution in [0.2, 0.25) is 0 Å². The number of nitrogens with zero attached hydrogens (tertiary/aromatic N) is 1. The molecule has 0 saturated carbocycles. The second-order valence-electron chi connectivity index (χ2n) is 11.4. The van der Waals surface area contributed by atoms with Gasteiger partial charge in [-0.3, -0.25) is 24.7 Å². The van der Waals surface area contributed by atoms with Crippen LogP contribution >= 0.6 is 0 Å². The van der Waals surface area contributed by atoms with E-state index in [4.69, 9.17) is 15.6 Å². The first-order valence-corrected chi connectivity index (χ1v) is 19.5. The predicted octanol–water partition coefficient (Wildman–Crippen LogP) is -4.85. The average Bonchev–Trinajstić information content (AvgIpc) is 3.36. The molecule has 0 bridgehead atoms. The molecule has 5 rings (SSSR count). The molecule has 19 nitrogen and oxygen atoms in total. The Labute approximate surface area is 323 Å².